The van der Waals surface area contributed by atoms with Gasteiger partial charge < -0.3 is 19.4 Å². The number of fused-ring (bicyclic) bond motifs is 1. The Labute approximate surface area is 154 Å². The minimum absolute atomic E-state index is 0.264. The number of carbonyl (C=O) groups is 1. The molecule has 0 saturated carbocycles. The Morgan fingerprint density at radius 1 is 0.962 bits per heavy atom. The lowest BCUT2D eigenvalue weighted by Gasteiger charge is -2.52. The summed E-state index contributed by atoms with van der Waals surface area (Å²) in [7, 11) is 0. The molecule has 5 nitrogen and oxygen atoms in total. The molecule has 1 unspecified atom stereocenters. The number of benzene rings is 2. The molecule has 0 spiro atoms. The van der Waals surface area contributed by atoms with E-state index in [4.69, 9.17) is 9.47 Å². The van der Waals surface area contributed by atoms with E-state index in [1.165, 1.54) is 0 Å². The van der Waals surface area contributed by atoms with Crippen molar-refractivity contribution in [2.24, 2.45) is 0 Å². The fourth-order valence-corrected chi connectivity index (χ4v) is 3.97. The number of carboxylic acid groups (broad SMARTS) is 1. The monoisotopic (exact) mass is 354 g/mol. The molecule has 5 heteroatoms. The van der Waals surface area contributed by atoms with E-state index in [1.807, 2.05) is 68.1 Å². The van der Waals surface area contributed by atoms with Crippen molar-refractivity contribution >= 4 is 5.97 Å². The molecule has 1 aliphatic heterocycles. The van der Waals surface area contributed by atoms with Gasteiger partial charge in [-0.25, -0.2) is 0 Å². The van der Waals surface area contributed by atoms with Crippen LogP contribution in [0.1, 0.15) is 32.8 Å². The van der Waals surface area contributed by atoms with Gasteiger partial charge in [-0.2, -0.15) is 0 Å². The van der Waals surface area contributed by atoms with Crippen LogP contribution in [0.3, 0.4) is 0 Å². The number of aliphatic carboxylic acids is 1. The maximum Gasteiger partial charge on any atom is 0.302 e. The topological polar surface area (TPSA) is 61.8 Å². The third-order valence-corrected chi connectivity index (χ3v) is 5.21. The van der Waals surface area contributed by atoms with Gasteiger partial charge in [-0.3, -0.25) is 4.90 Å². The zero-order valence-electron chi connectivity index (χ0n) is 15.4. The summed E-state index contributed by atoms with van der Waals surface area (Å²) < 4.78 is 12.6. The Morgan fingerprint density at radius 2 is 1.46 bits per heavy atom. The van der Waals surface area contributed by atoms with Crippen molar-refractivity contribution < 1.29 is 19.4 Å². The van der Waals surface area contributed by atoms with Crippen molar-refractivity contribution in [2.45, 2.75) is 38.5 Å². The Kier molecular flexibility index (Phi) is 4.92. The van der Waals surface area contributed by atoms with Crippen LogP contribution in [0.25, 0.3) is 0 Å². The Hall–Kier alpha value is -2.53. The number of likely N-dealkylation sites (N-methyl/N-ethyl adjacent to an activating group) is 1. The van der Waals surface area contributed by atoms with Crippen molar-refractivity contribution in [2.75, 3.05) is 13.1 Å². The summed E-state index contributed by atoms with van der Waals surface area (Å²) in [5.41, 5.74) is -0.842. The molecular formula is C21H24NO4-. The highest BCUT2D eigenvalue weighted by molar-refractivity contribution is 5.79. The minimum atomic E-state index is -1.53. The van der Waals surface area contributed by atoms with Crippen molar-refractivity contribution in [3.05, 3.63) is 60.2 Å². The fourth-order valence-electron chi connectivity index (χ4n) is 3.97. The molecule has 0 saturated heterocycles. The molecule has 1 atom stereocenters. The molecule has 0 amide bonds. The Morgan fingerprint density at radius 3 is 1.88 bits per heavy atom. The van der Waals surface area contributed by atoms with E-state index in [0.29, 0.717) is 30.2 Å². The van der Waals surface area contributed by atoms with Crippen LogP contribution in [0.4, 0.5) is 0 Å². The number of nitrogens with zero attached hydrogens (tertiary/aromatic N) is 1. The maximum absolute atomic E-state index is 12.6. The van der Waals surface area contributed by atoms with Crippen LogP contribution in [-0.2, 0) is 10.6 Å². The van der Waals surface area contributed by atoms with E-state index < -0.39 is 17.3 Å². The van der Waals surface area contributed by atoms with Crippen LogP contribution in [-0.4, -0.2) is 29.5 Å². The van der Waals surface area contributed by atoms with Crippen molar-refractivity contribution in [3.8, 4) is 11.5 Å². The average molecular weight is 354 g/mol. The van der Waals surface area contributed by atoms with Gasteiger partial charge in [0.1, 0.15) is 5.54 Å². The summed E-state index contributed by atoms with van der Waals surface area (Å²) in [5, 5.41) is 12.6. The second kappa shape index (κ2) is 7.00. The van der Waals surface area contributed by atoms with E-state index in [0.717, 1.165) is 0 Å². The zero-order valence-corrected chi connectivity index (χ0v) is 15.4. The number of carboxylic acids is 1. The molecule has 0 fully saturated rings. The van der Waals surface area contributed by atoms with Gasteiger partial charge >= 0.3 is 5.79 Å². The second-order valence-corrected chi connectivity index (χ2v) is 6.31. The second-order valence-electron chi connectivity index (χ2n) is 6.31. The first kappa shape index (κ1) is 18.3. The van der Waals surface area contributed by atoms with Gasteiger partial charge in [-0.05, 0) is 31.6 Å². The number of hydrogen-bond acceptors (Lipinski definition) is 5. The number of carbonyl (C=O) groups excluding carboxylic acids is 1. The fraction of sp³-hybridized carbons (Fsp3) is 0.381. The Bertz CT molecular complexity index is 748. The number of ether oxygens (including phenoxy) is 2. The van der Waals surface area contributed by atoms with Crippen molar-refractivity contribution in [3.63, 3.8) is 0 Å². The first-order chi connectivity index (χ1) is 12.6. The van der Waals surface area contributed by atoms with Gasteiger partial charge in [-0.15, -0.1) is 0 Å². The maximum atomic E-state index is 12.6. The molecule has 26 heavy (non-hydrogen) atoms. The molecule has 1 heterocycles. The molecule has 3 rings (SSSR count). The SMILES string of the molecule is CCN(CC)C(CC)(C(=O)[O-])C1(c2ccccc2)Oc2ccccc2O1. The lowest BCUT2D eigenvalue weighted by atomic mass is 9.79. The number of hydrogen-bond donors (Lipinski definition) is 0. The quantitative estimate of drug-likeness (QED) is 0.765. The van der Waals surface area contributed by atoms with Gasteiger partial charge in [0, 0.05) is 5.56 Å². The van der Waals surface area contributed by atoms with Gasteiger partial charge in [-0.1, -0.05) is 63.2 Å². The first-order valence-corrected chi connectivity index (χ1v) is 9.04. The molecule has 0 N–H and O–H groups in total. The molecule has 1 aliphatic rings. The highest BCUT2D eigenvalue weighted by Gasteiger charge is 2.63. The smallest absolute Gasteiger partial charge is 0.302 e. The van der Waals surface area contributed by atoms with Crippen LogP contribution < -0.4 is 14.6 Å². The van der Waals surface area contributed by atoms with Gasteiger partial charge in [0.2, 0.25) is 0 Å². The third kappa shape index (κ3) is 2.46. The number of para-hydroxylation sites is 2. The summed E-state index contributed by atoms with van der Waals surface area (Å²) in [6.45, 7) is 6.73. The van der Waals surface area contributed by atoms with Crippen LogP contribution in [0.2, 0.25) is 0 Å². The van der Waals surface area contributed by atoms with Crippen LogP contribution in [0.15, 0.2) is 54.6 Å². The average Bonchev–Trinajstić information content (AvgIpc) is 3.07. The molecule has 0 aromatic heterocycles. The predicted molar refractivity (Wildman–Crippen MR) is 96.8 cm³/mol. The van der Waals surface area contributed by atoms with E-state index in [-0.39, 0.29) is 6.42 Å². The zero-order chi connectivity index (χ0) is 18.8. The molecule has 0 radical (unpaired) electrons. The van der Waals surface area contributed by atoms with Crippen LogP contribution >= 0.6 is 0 Å². The van der Waals surface area contributed by atoms with E-state index in [1.54, 1.807) is 12.1 Å². The van der Waals surface area contributed by atoms with Crippen molar-refractivity contribution in [1.29, 1.82) is 0 Å². The largest absolute Gasteiger partial charge is 0.548 e. The molecule has 0 aliphatic carbocycles. The van der Waals surface area contributed by atoms with Crippen LogP contribution in [0, 0.1) is 0 Å². The standard InChI is InChI=1S/C21H25NO4/c1-4-20(19(23)24,22(5-2)6-3)21(16-12-8-7-9-13-16)25-17-14-10-11-15-18(17)26-21/h7-15H,4-6H2,1-3H3,(H,23,24)/p-1. The molecule has 2 aromatic carbocycles. The predicted octanol–water partition coefficient (Wildman–Crippen LogP) is 2.55. The van der Waals surface area contributed by atoms with E-state index in [2.05, 4.69) is 0 Å². The summed E-state index contributed by atoms with van der Waals surface area (Å²) in [6.07, 6.45) is 0.264. The first-order valence-electron chi connectivity index (χ1n) is 9.04. The summed E-state index contributed by atoms with van der Waals surface area (Å²) >= 11 is 0. The lowest BCUT2D eigenvalue weighted by Crippen LogP contribution is -2.73. The molecule has 0 bridgehead atoms. The summed E-state index contributed by atoms with van der Waals surface area (Å²) in [5.74, 6) is -1.68. The van der Waals surface area contributed by atoms with Gasteiger partial charge in [0.25, 0.3) is 0 Å². The van der Waals surface area contributed by atoms with Crippen LogP contribution in [0.5, 0.6) is 11.5 Å². The Balaban J connectivity index is 2.28. The normalized spacial score (nSPS) is 17.1. The molecule has 138 valence electrons. The molecule has 2 aromatic rings. The van der Waals surface area contributed by atoms with Gasteiger partial charge in [0.05, 0.1) is 5.97 Å². The third-order valence-electron chi connectivity index (χ3n) is 5.21. The van der Waals surface area contributed by atoms with Crippen molar-refractivity contribution in [1.82, 2.24) is 4.90 Å². The summed E-state index contributed by atoms with van der Waals surface area (Å²) in [4.78, 5) is 14.5. The van der Waals surface area contributed by atoms with E-state index in [9.17, 15) is 9.90 Å². The minimum Gasteiger partial charge on any atom is -0.548 e. The van der Waals surface area contributed by atoms with E-state index >= 15 is 0 Å². The highest BCUT2D eigenvalue weighted by Crippen LogP contribution is 2.52. The highest BCUT2D eigenvalue weighted by atomic mass is 16.7. The molecular weight excluding hydrogens is 330 g/mol. The number of rotatable bonds is 7. The van der Waals surface area contributed by atoms with Gasteiger partial charge in [0.15, 0.2) is 11.5 Å². The lowest BCUT2D eigenvalue weighted by molar-refractivity contribution is -0.338. The summed E-state index contributed by atoms with van der Waals surface area (Å²) in [6, 6.07) is 16.5.